The monoisotopic (exact) mass is 469 g/mol. The minimum atomic E-state index is 0. The highest BCUT2D eigenvalue weighted by molar-refractivity contribution is 14.0. The number of halogens is 1. The van der Waals surface area contributed by atoms with Crippen LogP contribution in [-0.2, 0) is 13.0 Å². The second-order valence-corrected chi connectivity index (χ2v) is 5.66. The maximum absolute atomic E-state index is 5.25. The van der Waals surface area contributed by atoms with Gasteiger partial charge in [0, 0.05) is 20.1 Å². The van der Waals surface area contributed by atoms with Crippen molar-refractivity contribution in [3.8, 4) is 11.5 Å². The third-order valence-corrected chi connectivity index (χ3v) is 3.89. The van der Waals surface area contributed by atoms with Crippen LogP contribution in [0.4, 0.5) is 0 Å². The lowest BCUT2D eigenvalue weighted by atomic mass is 10.1. The minimum absolute atomic E-state index is 0. The van der Waals surface area contributed by atoms with Crippen LogP contribution in [0.25, 0.3) is 0 Å². The predicted molar refractivity (Wildman–Crippen MR) is 118 cm³/mol. The Bertz CT molecular complexity index is 692. The SMILES string of the molecule is CN=C(NCCCc1cccc(OC)c1)NCc1cccc(OC)c1.I. The van der Waals surface area contributed by atoms with Gasteiger partial charge in [0.05, 0.1) is 14.2 Å². The molecule has 0 spiro atoms. The van der Waals surface area contributed by atoms with Gasteiger partial charge in [-0.2, -0.15) is 0 Å². The first kappa shape index (κ1) is 22.1. The Balaban J connectivity index is 0.00000338. The molecular formula is C20H28IN3O2. The molecule has 2 aromatic carbocycles. The molecule has 0 radical (unpaired) electrons. The van der Waals surface area contributed by atoms with E-state index in [0.29, 0.717) is 6.54 Å². The van der Waals surface area contributed by atoms with Crippen LogP contribution in [-0.4, -0.2) is 33.8 Å². The highest BCUT2D eigenvalue weighted by atomic mass is 127. The highest BCUT2D eigenvalue weighted by Crippen LogP contribution is 2.14. The number of rotatable bonds is 8. The van der Waals surface area contributed by atoms with Crippen LogP contribution in [0.15, 0.2) is 53.5 Å². The van der Waals surface area contributed by atoms with Crippen molar-refractivity contribution in [1.82, 2.24) is 10.6 Å². The highest BCUT2D eigenvalue weighted by Gasteiger charge is 2.01. The maximum atomic E-state index is 5.25. The number of guanidine groups is 1. The zero-order valence-electron chi connectivity index (χ0n) is 15.6. The Morgan fingerprint density at radius 1 is 0.923 bits per heavy atom. The normalized spacial score (nSPS) is 10.7. The molecule has 0 aliphatic heterocycles. The van der Waals surface area contributed by atoms with Gasteiger partial charge >= 0.3 is 0 Å². The van der Waals surface area contributed by atoms with Gasteiger partial charge in [0.25, 0.3) is 0 Å². The second kappa shape index (κ2) is 12.4. The van der Waals surface area contributed by atoms with Crippen molar-refractivity contribution in [2.45, 2.75) is 19.4 Å². The standard InChI is InChI=1S/C20H27N3O2.HI/c1-21-20(23-15-17-8-5-11-19(14-17)25-3)22-12-6-9-16-7-4-10-18(13-16)24-2;/h4-5,7-8,10-11,13-14H,6,9,12,15H2,1-3H3,(H2,21,22,23);1H. The first-order valence-corrected chi connectivity index (χ1v) is 8.45. The zero-order chi connectivity index (χ0) is 17.9. The van der Waals surface area contributed by atoms with Crippen molar-refractivity contribution in [3.05, 3.63) is 59.7 Å². The molecule has 0 aliphatic carbocycles. The number of benzene rings is 2. The summed E-state index contributed by atoms with van der Waals surface area (Å²) in [4.78, 5) is 4.26. The first-order valence-electron chi connectivity index (χ1n) is 8.45. The van der Waals surface area contributed by atoms with Gasteiger partial charge in [-0.1, -0.05) is 24.3 Å². The molecule has 0 saturated heterocycles. The molecule has 142 valence electrons. The van der Waals surface area contributed by atoms with Crippen molar-refractivity contribution < 1.29 is 9.47 Å². The molecule has 0 atom stereocenters. The molecule has 0 amide bonds. The van der Waals surface area contributed by atoms with Crippen LogP contribution in [0.3, 0.4) is 0 Å². The summed E-state index contributed by atoms with van der Waals surface area (Å²) in [5.41, 5.74) is 2.43. The molecule has 0 saturated carbocycles. The van der Waals surface area contributed by atoms with E-state index in [-0.39, 0.29) is 24.0 Å². The molecule has 6 heteroatoms. The van der Waals surface area contributed by atoms with E-state index in [0.717, 1.165) is 42.4 Å². The number of hydrogen-bond donors (Lipinski definition) is 2. The minimum Gasteiger partial charge on any atom is -0.497 e. The van der Waals surface area contributed by atoms with Gasteiger partial charge in [0.2, 0.25) is 0 Å². The van der Waals surface area contributed by atoms with Gasteiger partial charge in [-0.25, -0.2) is 0 Å². The van der Waals surface area contributed by atoms with Crippen LogP contribution in [0.5, 0.6) is 11.5 Å². The number of nitrogens with one attached hydrogen (secondary N) is 2. The average molecular weight is 469 g/mol. The topological polar surface area (TPSA) is 54.9 Å². The number of hydrogen-bond acceptors (Lipinski definition) is 3. The van der Waals surface area contributed by atoms with Gasteiger partial charge in [-0.15, -0.1) is 24.0 Å². The molecule has 0 fully saturated rings. The average Bonchev–Trinajstić information content (AvgIpc) is 2.67. The van der Waals surface area contributed by atoms with Crippen LogP contribution in [0.1, 0.15) is 17.5 Å². The van der Waals surface area contributed by atoms with Crippen molar-refractivity contribution >= 4 is 29.9 Å². The first-order chi connectivity index (χ1) is 12.2. The van der Waals surface area contributed by atoms with Crippen molar-refractivity contribution in [1.29, 1.82) is 0 Å². The Kier molecular flexibility index (Phi) is 10.5. The summed E-state index contributed by atoms with van der Waals surface area (Å²) in [5, 5.41) is 6.66. The van der Waals surface area contributed by atoms with E-state index in [1.807, 2.05) is 30.3 Å². The molecule has 5 nitrogen and oxygen atoms in total. The molecule has 0 aromatic heterocycles. The van der Waals surface area contributed by atoms with Crippen molar-refractivity contribution in [2.24, 2.45) is 4.99 Å². The van der Waals surface area contributed by atoms with E-state index >= 15 is 0 Å². The van der Waals surface area contributed by atoms with Gasteiger partial charge in [-0.05, 0) is 48.2 Å². The van der Waals surface area contributed by atoms with E-state index in [1.54, 1.807) is 21.3 Å². The lowest BCUT2D eigenvalue weighted by molar-refractivity contribution is 0.414. The fraction of sp³-hybridized carbons (Fsp3) is 0.350. The van der Waals surface area contributed by atoms with E-state index in [2.05, 4.69) is 33.8 Å². The number of ether oxygens (including phenoxy) is 2. The van der Waals surface area contributed by atoms with Crippen LogP contribution in [0.2, 0.25) is 0 Å². The number of aliphatic imine (C=N–C) groups is 1. The molecule has 2 aromatic rings. The van der Waals surface area contributed by atoms with Gasteiger partial charge in [0.1, 0.15) is 11.5 Å². The largest absolute Gasteiger partial charge is 0.497 e. The molecule has 0 heterocycles. The molecule has 0 unspecified atom stereocenters. The Hall–Kier alpha value is -1.96. The summed E-state index contributed by atoms with van der Waals surface area (Å²) in [5.74, 6) is 2.57. The summed E-state index contributed by atoms with van der Waals surface area (Å²) in [6, 6.07) is 16.2. The summed E-state index contributed by atoms with van der Waals surface area (Å²) in [6.07, 6.45) is 2.02. The molecule has 26 heavy (non-hydrogen) atoms. The van der Waals surface area contributed by atoms with Gasteiger partial charge in [0.15, 0.2) is 5.96 Å². The van der Waals surface area contributed by atoms with Crippen LogP contribution in [0, 0.1) is 0 Å². The third-order valence-electron chi connectivity index (χ3n) is 3.89. The van der Waals surface area contributed by atoms with Crippen molar-refractivity contribution in [2.75, 3.05) is 27.8 Å². The smallest absolute Gasteiger partial charge is 0.191 e. The summed E-state index contributed by atoms with van der Waals surface area (Å²) < 4.78 is 10.5. The van der Waals surface area contributed by atoms with E-state index < -0.39 is 0 Å². The second-order valence-electron chi connectivity index (χ2n) is 5.66. The van der Waals surface area contributed by atoms with Gasteiger partial charge < -0.3 is 20.1 Å². The zero-order valence-corrected chi connectivity index (χ0v) is 17.9. The Morgan fingerprint density at radius 3 is 2.15 bits per heavy atom. The summed E-state index contributed by atoms with van der Waals surface area (Å²) >= 11 is 0. The van der Waals surface area contributed by atoms with E-state index in [9.17, 15) is 0 Å². The fourth-order valence-electron chi connectivity index (χ4n) is 2.52. The third kappa shape index (κ3) is 7.51. The summed E-state index contributed by atoms with van der Waals surface area (Å²) in [7, 11) is 5.15. The molecule has 2 rings (SSSR count). The maximum Gasteiger partial charge on any atom is 0.191 e. The number of aryl methyl sites for hydroxylation is 1. The van der Waals surface area contributed by atoms with Crippen LogP contribution >= 0.6 is 24.0 Å². The number of nitrogens with zero attached hydrogens (tertiary/aromatic N) is 1. The Labute approximate surface area is 173 Å². The Morgan fingerprint density at radius 2 is 1.54 bits per heavy atom. The summed E-state index contributed by atoms with van der Waals surface area (Å²) in [6.45, 7) is 1.56. The predicted octanol–water partition coefficient (Wildman–Crippen LogP) is 3.62. The van der Waals surface area contributed by atoms with Crippen molar-refractivity contribution in [3.63, 3.8) is 0 Å². The molecule has 2 N–H and O–H groups in total. The molecule has 0 bridgehead atoms. The van der Waals surface area contributed by atoms with Crippen LogP contribution < -0.4 is 20.1 Å². The molecular weight excluding hydrogens is 441 g/mol. The van der Waals surface area contributed by atoms with Gasteiger partial charge in [-0.3, -0.25) is 4.99 Å². The number of methoxy groups -OCH3 is 2. The van der Waals surface area contributed by atoms with E-state index in [1.165, 1.54) is 5.56 Å². The fourth-order valence-corrected chi connectivity index (χ4v) is 2.52. The lowest BCUT2D eigenvalue weighted by Crippen LogP contribution is -2.37. The molecule has 0 aliphatic rings. The lowest BCUT2D eigenvalue weighted by Gasteiger charge is -2.12. The van der Waals surface area contributed by atoms with E-state index in [4.69, 9.17) is 9.47 Å². The quantitative estimate of drug-likeness (QED) is 0.269.